The highest BCUT2D eigenvalue weighted by Gasteiger charge is 2.28. The van der Waals surface area contributed by atoms with Crippen LogP contribution >= 0.6 is 12.6 Å². The number of thiol groups is 1. The molecular weight excluding hydrogens is 250 g/mol. The fourth-order valence-corrected chi connectivity index (χ4v) is 2.25. The number of nitrogens with zero attached hydrogens (tertiary/aromatic N) is 1. The summed E-state index contributed by atoms with van der Waals surface area (Å²) < 4.78 is 4.90. The van der Waals surface area contributed by atoms with Gasteiger partial charge < -0.3 is 9.64 Å². The van der Waals surface area contributed by atoms with Crippen LogP contribution in [0.2, 0.25) is 0 Å². The van der Waals surface area contributed by atoms with E-state index in [0.29, 0.717) is 25.1 Å². The average molecular weight is 265 g/mol. The van der Waals surface area contributed by atoms with Crippen LogP contribution in [-0.4, -0.2) is 30.3 Å². The normalized spacial score (nSPS) is 19.1. The van der Waals surface area contributed by atoms with Crippen LogP contribution in [0.15, 0.2) is 24.3 Å². The predicted molar refractivity (Wildman–Crippen MR) is 72.1 cm³/mol. The Kier molecular flexibility index (Phi) is 3.91. The summed E-state index contributed by atoms with van der Waals surface area (Å²) in [6.07, 6.45) is 0.461. The molecule has 5 heteroatoms. The molecule has 0 N–H and O–H groups in total. The van der Waals surface area contributed by atoms with Crippen LogP contribution in [0, 0.1) is 0 Å². The van der Waals surface area contributed by atoms with Gasteiger partial charge in [0.15, 0.2) is 0 Å². The molecule has 0 saturated carbocycles. The van der Waals surface area contributed by atoms with Crippen molar-refractivity contribution in [3.05, 3.63) is 29.8 Å². The highest BCUT2D eigenvalue weighted by Crippen LogP contribution is 2.24. The Labute approximate surface area is 111 Å². The van der Waals surface area contributed by atoms with Gasteiger partial charge in [0.25, 0.3) is 0 Å². The van der Waals surface area contributed by atoms with Gasteiger partial charge in [-0.25, -0.2) is 4.79 Å². The van der Waals surface area contributed by atoms with E-state index in [2.05, 4.69) is 12.6 Å². The highest BCUT2D eigenvalue weighted by molar-refractivity contribution is 7.81. The summed E-state index contributed by atoms with van der Waals surface area (Å²) in [6.45, 7) is 2.73. The fourth-order valence-electron chi connectivity index (χ4n) is 1.93. The summed E-state index contributed by atoms with van der Waals surface area (Å²) in [7, 11) is 0. The number of anilines is 1. The van der Waals surface area contributed by atoms with Crippen molar-refractivity contribution < 1.29 is 14.3 Å². The van der Waals surface area contributed by atoms with Crippen molar-refractivity contribution in [2.45, 2.75) is 18.6 Å². The standard InChI is InChI=1S/C13H15NO3S/c1-2-17-13(16)9-3-5-10(6-4-9)14-8-11(18)7-12(14)15/h3-6,11,18H,2,7-8H2,1H3. The van der Waals surface area contributed by atoms with E-state index in [4.69, 9.17) is 4.74 Å². The third kappa shape index (κ3) is 2.67. The third-order valence-corrected chi connectivity index (χ3v) is 3.14. The number of hydrogen-bond donors (Lipinski definition) is 1. The Morgan fingerprint density at radius 3 is 2.61 bits per heavy atom. The monoisotopic (exact) mass is 265 g/mol. The van der Waals surface area contributed by atoms with Gasteiger partial charge in [0.05, 0.1) is 12.2 Å². The first-order chi connectivity index (χ1) is 8.61. The lowest BCUT2D eigenvalue weighted by atomic mass is 10.2. The molecule has 0 aliphatic carbocycles. The number of rotatable bonds is 3. The molecule has 0 radical (unpaired) electrons. The molecule has 0 bridgehead atoms. The van der Waals surface area contributed by atoms with E-state index in [1.54, 1.807) is 36.1 Å². The van der Waals surface area contributed by atoms with Crippen LogP contribution in [0.4, 0.5) is 5.69 Å². The number of hydrogen-bond acceptors (Lipinski definition) is 4. The van der Waals surface area contributed by atoms with Crippen LogP contribution in [0.5, 0.6) is 0 Å². The molecule has 2 rings (SSSR count). The molecular formula is C13H15NO3S. The summed E-state index contributed by atoms with van der Waals surface area (Å²) in [5.41, 5.74) is 1.29. The first-order valence-corrected chi connectivity index (χ1v) is 6.39. The maximum Gasteiger partial charge on any atom is 0.338 e. The van der Waals surface area contributed by atoms with Crippen molar-refractivity contribution in [2.24, 2.45) is 0 Å². The maximum absolute atomic E-state index is 11.7. The number of amides is 1. The lowest BCUT2D eigenvalue weighted by Gasteiger charge is -2.16. The molecule has 1 aliphatic heterocycles. The summed E-state index contributed by atoms with van der Waals surface area (Å²) >= 11 is 4.31. The van der Waals surface area contributed by atoms with Gasteiger partial charge in [-0.2, -0.15) is 12.6 Å². The smallest absolute Gasteiger partial charge is 0.338 e. The number of ether oxygens (including phenoxy) is 1. The Hall–Kier alpha value is -1.49. The molecule has 1 aromatic carbocycles. The van der Waals surface area contributed by atoms with Crippen LogP contribution in [0.3, 0.4) is 0 Å². The molecule has 1 fully saturated rings. The van der Waals surface area contributed by atoms with Crippen molar-refractivity contribution in [1.82, 2.24) is 0 Å². The summed E-state index contributed by atoms with van der Waals surface area (Å²) in [5, 5.41) is 0.0854. The van der Waals surface area contributed by atoms with E-state index < -0.39 is 0 Å². The van der Waals surface area contributed by atoms with Crippen LogP contribution < -0.4 is 4.90 Å². The van der Waals surface area contributed by atoms with Crippen LogP contribution in [-0.2, 0) is 9.53 Å². The van der Waals surface area contributed by atoms with Gasteiger partial charge in [0.2, 0.25) is 5.91 Å². The number of carbonyl (C=O) groups is 2. The van der Waals surface area contributed by atoms with Gasteiger partial charge >= 0.3 is 5.97 Å². The van der Waals surface area contributed by atoms with E-state index in [9.17, 15) is 9.59 Å². The van der Waals surface area contributed by atoms with Gasteiger partial charge in [-0.05, 0) is 31.2 Å². The fraction of sp³-hybridized carbons (Fsp3) is 0.385. The quantitative estimate of drug-likeness (QED) is 0.670. The van der Waals surface area contributed by atoms with Crippen LogP contribution in [0.1, 0.15) is 23.7 Å². The molecule has 1 heterocycles. The molecule has 1 atom stereocenters. The second-order valence-corrected chi connectivity index (χ2v) is 4.86. The molecule has 4 nitrogen and oxygen atoms in total. The topological polar surface area (TPSA) is 46.6 Å². The molecule has 1 saturated heterocycles. The zero-order valence-electron chi connectivity index (χ0n) is 10.1. The highest BCUT2D eigenvalue weighted by atomic mass is 32.1. The van der Waals surface area contributed by atoms with E-state index in [1.807, 2.05) is 0 Å². The van der Waals surface area contributed by atoms with Gasteiger partial charge in [0, 0.05) is 23.9 Å². The van der Waals surface area contributed by atoms with Gasteiger partial charge in [0.1, 0.15) is 0 Å². The second kappa shape index (κ2) is 5.44. The molecule has 0 spiro atoms. The Bertz CT molecular complexity index is 458. The van der Waals surface area contributed by atoms with E-state index >= 15 is 0 Å². The minimum atomic E-state index is -0.344. The summed E-state index contributed by atoms with van der Waals surface area (Å²) in [4.78, 5) is 24.9. The molecule has 1 unspecified atom stereocenters. The molecule has 18 heavy (non-hydrogen) atoms. The van der Waals surface area contributed by atoms with Crippen molar-refractivity contribution in [1.29, 1.82) is 0 Å². The number of benzene rings is 1. The zero-order valence-corrected chi connectivity index (χ0v) is 11.0. The Morgan fingerprint density at radius 2 is 2.11 bits per heavy atom. The summed E-state index contributed by atoms with van der Waals surface area (Å²) in [5.74, 6) is -0.275. The predicted octanol–water partition coefficient (Wildman–Crippen LogP) is 1.90. The van der Waals surface area contributed by atoms with Gasteiger partial charge in [-0.1, -0.05) is 0 Å². The molecule has 0 aromatic heterocycles. The Morgan fingerprint density at radius 1 is 1.44 bits per heavy atom. The number of esters is 1. The lowest BCUT2D eigenvalue weighted by molar-refractivity contribution is -0.117. The third-order valence-electron chi connectivity index (χ3n) is 2.79. The van der Waals surface area contributed by atoms with E-state index in [1.165, 1.54) is 0 Å². The largest absolute Gasteiger partial charge is 0.462 e. The van der Waals surface area contributed by atoms with E-state index in [-0.39, 0.29) is 17.1 Å². The Balaban J connectivity index is 2.13. The molecule has 1 amide bonds. The SMILES string of the molecule is CCOC(=O)c1ccc(N2CC(S)CC2=O)cc1. The molecule has 1 aliphatic rings. The minimum Gasteiger partial charge on any atom is -0.462 e. The maximum atomic E-state index is 11.7. The van der Waals surface area contributed by atoms with Crippen molar-refractivity contribution in [3.8, 4) is 0 Å². The van der Waals surface area contributed by atoms with Gasteiger partial charge in [-0.3, -0.25) is 4.79 Å². The van der Waals surface area contributed by atoms with Crippen molar-refractivity contribution in [3.63, 3.8) is 0 Å². The zero-order chi connectivity index (χ0) is 13.1. The van der Waals surface area contributed by atoms with Crippen molar-refractivity contribution in [2.75, 3.05) is 18.1 Å². The average Bonchev–Trinajstić information content (AvgIpc) is 2.69. The lowest BCUT2D eigenvalue weighted by Crippen LogP contribution is -2.24. The molecule has 96 valence electrons. The van der Waals surface area contributed by atoms with E-state index in [0.717, 1.165) is 5.69 Å². The van der Waals surface area contributed by atoms with Crippen molar-refractivity contribution >= 4 is 30.2 Å². The van der Waals surface area contributed by atoms with Gasteiger partial charge in [-0.15, -0.1) is 0 Å². The first kappa shape index (κ1) is 13.0. The molecule has 1 aromatic rings. The number of carbonyl (C=O) groups excluding carboxylic acids is 2. The summed E-state index contributed by atoms with van der Waals surface area (Å²) in [6, 6.07) is 6.87. The van der Waals surface area contributed by atoms with Crippen LogP contribution in [0.25, 0.3) is 0 Å². The first-order valence-electron chi connectivity index (χ1n) is 5.87. The second-order valence-electron chi connectivity index (χ2n) is 4.13. The minimum absolute atomic E-state index is 0.0684.